The molecule has 3 heterocycles. The Morgan fingerprint density at radius 2 is 1.84 bits per heavy atom. The molecule has 1 aliphatic rings. The van der Waals surface area contributed by atoms with Gasteiger partial charge in [0.15, 0.2) is 5.69 Å². The number of rotatable bonds is 7. The van der Waals surface area contributed by atoms with Gasteiger partial charge in [0.25, 0.3) is 5.91 Å². The molecular weight excluding hydrogens is 491 g/mol. The van der Waals surface area contributed by atoms with Gasteiger partial charge in [0.2, 0.25) is 11.7 Å². The summed E-state index contributed by atoms with van der Waals surface area (Å²) in [4.78, 5) is 36.4. The van der Waals surface area contributed by atoms with Crippen LogP contribution in [-0.4, -0.2) is 59.7 Å². The van der Waals surface area contributed by atoms with Crippen molar-refractivity contribution in [2.75, 3.05) is 43.0 Å². The van der Waals surface area contributed by atoms with Crippen LogP contribution in [-0.2, 0) is 10.9 Å². The van der Waals surface area contributed by atoms with E-state index >= 15 is 0 Å². The zero-order valence-corrected chi connectivity index (χ0v) is 19.7. The van der Waals surface area contributed by atoms with E-state index in [2.05, 4.69) is 21.9 Å². The topological polar surface area (TPSA) is 101 Å². The molecule has 0 radical (unpaired) electrons. The number of nitrogens with zero attached hydrogens (tertiary/aromatic N) is 4. The second-order valence-corrected chi connectivity index (χ2v) is 8.09. The van der Waals surface area contributed by atoms with Gasteiger partial charge in [0.05, 0.1) is 18.5 Å². The lowest BCUT2D eigenvalue weighted by atomic mass is 10.2. The van der Waals surface area contributed by atoms with Gasteiger partial charge in [-0.2, -0.15) is 13.2 Å². The van der Waals surface area contributed by atoms with Crippen molar-refractivity contribution in [3.63, 3.8) is 0 Å². The molecular formula is C25H24F3N5O4. The molecule has 194 valence electrons. The molecule has 1 aliphatic heterocycles. The summed E-state index contributed by atoms with van der Waals surface area (Å²) in [6, 6.07) is 11.2. The SMILES string of the molecule is C=CCCOC(=O)N1CCN(c2ccc(NC(=O)c3nc(-c4ccccc4)oc3C(F)(F)F)cn2)CC1. The molecule has 1 N–H and O–H groups in total. The Morgan fingerprint density at radius 1 is 1.11 bits per heavy atom. The molecule has 0 bridgehead atoms. The van der Waals surface area contributed by atoms with Crippen LogP contribution < -0.4 is 10.2 Å². The smallest absolute Gasteiger partial charge is 0.449 e. The Morgan fingerprint density at radius 3 is 2.46 bits per heavy atom. The van der Waals surface area contributed by atoms with Gasteiger partial charge in [-0.25, -0.2) is 14.8 Å². The van der Waals surface area contributed by atoms with Gasteiger partial charge in [-0.1, -0.05) is 24.3 Å². The number of oxazole rings is 1. The largest absolute Gasteiger partial charge is 0.452 e. The lowest BCUT2D eigenvalue weighted by Gasteiger charge is -2.34. The summed E-state index contributed by atoms with van der Waals surface area (Å²) in [5.74, 6) is -2.26. The summed E-state index contributed by atoms with van der Waals surface area (Å²) in [7, 11) is 0. The van der Waals surface area contributed by atoms with E-state index in [1.165, 1.54) is 24.4 Å². The third kappa shape index (κ3) is 6.26. The Labute approximate surface area is 210 Å². The molecule has 0 aliphatic carbocycles. The quantitative estimate of drug-likeness (QED) is 0.355. The summed E-state index contributed by atoms with van der Waals surface area (Å²) < 4.78 is 50.6. The Bertz CT molecular complexity index is 1240. The van der Waals surface area contributed by atoms with Crippen LogP contribution in [0.3, 0.4) is 0 Å². The van der Waals surface area contributed by atoms with E-state index in [9.17, 15) is 22.8 Å². The molecule has 0 atom stereocenters. The number of carbonyl (C=O) groups is 2. The van der Waals surface area contributed by atoms with E-state index in [0.29, 0.717) is 44.0 Å². The molecule has 0 spiro atoms. The zero-order chi connectivity index (χ0) is 26.4. The van der Waals surface area contributed by atoms with Crippen LogP contribution in [0.15, 0.2) is 65.7 Å². The maximum Gasteiger partial charge on any atom is 0.452 e. The highest BCUT2D eigenvalue weighted by Crippen LogP contribution is 2.35. The van der Waals surface area contributed by atoms with Crippen LogP contribution in [0.5, 0.6) is 0 Å². The third-order valence-corrected chi connectivity index (χ3v) is 5.54. The van der Waals surface area contributed by atoms with Crippen molar-refractivity contribution >= 4 is 23.5 Å². The number of pyridine rings is 1. The lowest BCUT2D eigenvalue weighted by Crippen LogP contribution is -2.49. The Kier molecular flexibility index (Phi) is 7.75. The minimum atomic E-state index is -4.91. The molecule has 4 rings (SSSR count). The van der Waals surface area contributed by atoms with Crippen molar-refractivity contribution in [3.05, 3.63) is 72.8 Å². The molecule has 12 heteroatoms. The van der Waals surface area contributed by atoms with E-state index in [1.807, 2.05) is 4.90 Å². The lowest BCUT2D eigenvalue weighted by molar-refractivity contribution is -0.153. The number of alkyl halides is 3. The Hall–Kier alpha value is -4.35. The molecule has 9 nitrogen and oxygen atoms in total. The van der Waals surface area contributed by atoms with Crippen LogP contribution in [0, 0.1) is 0 Å². The highest BCUT2D eigenvalue weighted by molar-refractivity contribution is 6.04. The standard InChI is InChI=1S/C25H24F3N5O4/c1-2-3-15-36-24(35)33-13-11-32(12-14-33)19-10-9-18(16-29-19)30-22(34)20-21(25(26,27)28)37-23(31-20)17-7-5-4-6-8-17/h2,4-10,16H,1,3,11-15H2,(H,30,34). The summed E-state index contributed by atoms with van der Waals surface area (Å²) in [5.41, 5.74) is -0.370. The predicted octanol–water partition coefficient (Wildman–Crippen LogP) is 4.84. The van der Waals surface area contributed by atoms with Gasteiger partial charge in [-0.15, -0.1) is 6.58 Å². The first-order valence-corrected chi connectivity index (χ1v) is 11.4. The number of amides is 2. The van der Waals surface area contributed by atoms with E-state index in [4.69, 9.17) is 9.15 Å². The van der Waals surface area contributed by atoms with Crippen molar-refractivity contribution in [2.45, 2.75) is 12.6 Å². The maximum atomic E-state index is 13.5. The van der Waals surface area contributed by atoms with Crippen molar-refractivity contribution < 1.29 is 31.9 Å². The van der Waals surface area contributed by atoms with Gasteiger partial charge in [0, 0.05) is 31.7 Å². The molecule has 1 saturated heterocycles. The van der Waals surface area contributed by atoms with E-state index in [-0.39, 0.29) is 24.3 Å². The van der Waals surface area contributed by atoms with Gasteiger partial charge < -0.3 is 24.3 Å². The first kappa shape index (κ1) is 25.7. The number of hydrogen-bond acceptors (Lipinski definition) is 7. The number of piperazine rings is 1. The highest BCUT2D eigenvalue weighted by Gasteiger charge is 2.42. The van der Waals surface area contributed by atoms with Crippen molar-refractivity contribution in [1.82, 2.24) is 14.9 Å². The molecule has 2 aromatic heterocycles. The number of carbonyl (C=O) groups excluding carboxylic acids is 2. The number of nitrogens with one attached hydrogen (secondary N) is 1. The molecule has 3 aromatic rings. The van der Waals surface area contributed by atoms with Gasteiger partial charge in [-0.05, 0) is 30.7 Å². The summed E-state index contributed by atoms with van der Waals surface area (Å²) in [6.07, 6.45) is -1.69. The summed E-state index contributed by atoms with van der Waals surface area (Å²) in [5, 5.41) is 2.39. The average Bonchev–Trinajstić information content (AvgIpc) is 3.37. The van der Waals surface area contributed by atoms with Crippen LogP contribution >= 0.6 is 0 Å². The Balaban J connectivity index is 1.40. The minimum Gasteiger partial charge on any atom is -0.449 e. The highest BCUT2D eigenvalue weighted by atomic mass is 19.4. The second-order valence-electron chi connectivity index (χ2n) is 8.09. The minimum absolute atomic E-state index is 0.190. The van der Waals surface area contributed by atoms with Crippen molar-refractivity contribution in [3.8, 4) is 11.5 Å². The fourth-order valence-electron chi connectivity index (χ4n) is 3.65. The number of hydrogen-bond donors (Lipinski definition) is 1. The monoisotopic (exact) mass is 515 g/mol. The van der Waals surface area contributed by atoms with E-state index < -0.39 is 23.5 Å². The van der Waals surface area contributed by atoms with E-state index in [0.717, 1.165) is 0 Å². The number of halogens is 3. The van der Waals surface area contributed by atoms with Crippen LogP contribution in [0.4, 0.5) is 29.5 Å². The maximum absolute atomic E-state index is 13.5. The normalized spacial score (nSPS) is 13.8. The van der Waals surface area contributed by atoms with Gasteiger partial charge >= 0.3 is 12.3 Å². The number of aromatic nitrogens is 2. The molecule has 0 unspecified atom stereocenters. The molecule has 2 amide bonds. The van der Waals surface area contributed by atoms with Crippen LogP contribution in [0.2, 0.25) is 0 Å². The van der Waals surface area contributed by atoms with Crippen LogP contribution in [0.25, 0.3) is 11.5 Å². The van der Waals surface area contributed by atoms with Crippen molar-refractivity contribution in [1.29, 1.82) is 0 Å². The number of ether oxygens (including phenoxy) is 1. The fraction of sp³-hybridized carbons (Fsp3) is 0.280. The number of anilines is 2. The van der Waals surface area contributed by atoms with Crippen LogP contribution in [0.1, 0.15) is 22.7 Å². The summed E-state index contributed by atoms with van der Waals surface area (Å²) in [6.45, 7) is 5.80. The molecule has 0 saturated carbocycles. The van der Waals surface area contributed by atoms with Crippen molar-refractivity contribution in [2.24, 2.45) is 0 Å². The molecule has 1 aromatic carbocycles. The predicted molar refractivity (Wildman–Crippen MR) is 129 cm³/mol. The third-order valence-electron chi connectivity index (χ3n) is 5.54. The molecule has 37 heavy (non-hydrogen) atoms. The zero-order valence-electron chi connectivity index (χ0n) is 19.7. The van der Waals surface area contributed by atoms with E-state index in [1.54, 1.807) is 35.2 Å². The van der Waals surface area contributed by atoms with Gasteiger partial charge in [-0.3, -0.25) is 4.79 Å². The van der Waals surface area contributed by atoms with Gasteiger partial charge in [0.1, 0.15) is 5.82 Å². The average molecular weight is 515 g/mol. The fourth-order valence-corrected chi connectivity index (χ4v) is 3.65. The number of benzene rings is 1. The molecule has 1 fully saturated rings. The second kappa shape index (κ2) is 11.1. The summed E-state index contributed by atoms with van der Waals surface area (Å²) >= 11 is 0. The first-order chi connectivity index (χ1) is 17.8. The first-order valence-electron chi connectivity index (χ1n) is 11.4.